The van der Waals surface area contributed by atoms with E-state index < -0.39 is 41.7 Å². The first kappa shape index (κ1) is 20.7. The summed E-state index contributed by atoms with van der Waals surface area (Å²) in [6.07, 6.45) is -1.94. The molecule has 0 saturated carbocycles. The van der Waals surface area contributed by atoms with E-state index >= 15 is 0 Å². The normalized spacial score (nSPS) is 29.6. The van der Waals surface area contributed by atoms with Gasteiger partial charge in [0.1, 0.15) is 30.4 Å². The van der Waals surface area contributed by atoms with Crippen molar-refractivity contribution in [3.8, 4) is 0 Å². The summed E-state index contributed by atoms with van der Waals surface area (Å²) >= 11 is 1.40. The molecule has 1 fully saturated rings. The topological polar surface area (TPSA) is 114 Å². The number of nitrogens with two attached hydrogens (primary N) is 1. The molecule has 0 spiro atoms. The van der Waals surface area contributed by atoms with E-state index in [1.165, 1.54) is 32.5 Å². The van der Waals surface area contributed by atoms with Gasteiger partial charge in [-0.3, -0.25) is 14.4 Å². The number of hydrogen-bond acceptors (Lipinski definition) is 9. The molecule has 138 valence electrons. The predicted octanol–water partition coefficient (Wildman–Crippen LogP) is 0.466. The van der Waals surface area contributed by atoms with Crippen LogP contribution in [-0.2, 0) is 33.3 Å². The summed E-state index contributed by atoms with van der Waals surface area (Å²) in [5, 5.41) is 0. The molecule has 9 heteroatoms. The van der Waals surface area contributed by atoms with Gasteiger partial charge in [0, 0.05) is 39.0 Å². The van der Waals surface area contributed by atoms with Crippen LogP contribution in [0.1, 0.15) is 27.7 Å². The maximum absolute atomic E-state index is 11.4. The molecule has 1 saturated heterocycles. The largest absolute Gasteiger partial charge is 0.463 e. The minimum absolute atomic E-state index is 0.0515. The van der Waals surface area contributed by atoms with Gasteiger partial charge in [-0.05, 0) is 0 Å². The molecule has 0 aromatic rings. The van der Waals surface area contributed by atoms with Crippen molar-refractivity contribution in [1.82, 2.24) is 0 Å². The van der Waals surface area contributed by atoms with Crippen LogP contribution in [0.15, 0.2) is 0 Å². The zero-order valence-corrected chi connectivity index (χ0v) is 15.2. The van der Waals surface area contributed by atoms with E-state index in [-0.39, 0.29) is 12.5 Å². The molecule has 1 heterocycles. The number of rotatable bonds is 7. The number of ether oxygens (including phenoxy) is 4. The summed E-state index contributed by atoms with van der Waals surface area (Å²) in [5.74, 6) is -1.12. The minimum Gasteiger partial charge on any atom is -0.463 e. The van der Waals surface area contributed by atoms with Gasteiger partial charge in [0.2, 0.25) is 0 Å². The van der Waals surface area contributed by atoms with E-state index in [1.807, 2.05) is 0 Å². The zero-order chi connectivity index (χ0) is 18.3. The highest BCUT2D eigenvalue weighted by atomic mass is 32.2. The minimum atomic E-state index is -0.694. The van der Waals surface area contributed by atoms with Crippen molar-refractivity contribution in [3.05, 3.63) is 0 Å². The molecular formula is C15H25NO7S. The van der Waals surface area contributed by atoms with Crippen LogP contribution in [0.25, 0.3) is 0 Å². The predicted molar refractivity (Wildman–Crippen MR) is 87.1 cm³/mol. The smallest absolute Gasteiger partial charge is 0.303 e. The first-order valence-corrected chi connectivity index (χ1v) is 8.76. The Morgan fingerprint density at radius 2 is 1.62 bits per heavy atom. The Balaban J connectivity index is 2.98. The van der Waals surface area contributed by atoms with Crippen LogP contribution in [0.3, 0.4) is 0 Å². The molecule has 2 unspecified atom stereocenters. The monoisotopic (exact) mass is 363 g/mol. The summed E-state index contributed by atoms with van der Waals surface area (Å²) in [7, 11) is 0. The lowest BCUT2D eigenvalue weighted by Gasteiger charge is -2.43. The van der Waals surface area contributed by atoms with Gasteiger partial charge in [-0.25, -0.2) is 0 Å². The van der Waals surface area contributed by atoms with Crippen LogP contribution in [0.2, 0.25) is 0 Å². The number of thioether (sulfide) groups is 1. The van der Waals surface area contributed by atoms with Crippen molar-refractivity contribution < 1.29 is 33.3 Å². The van der Waals surface area contributed by atoms with Gasteiger partial charge < -0.3 is 24.7 Å². The van der Waals surface area contributed by atoms with Gasteiger partial charge in [-0.2, -0.15) is 0 Å². The molecule has 0 bridgehead atoms. The Bertz CT molecular complexity index is 457. The van der Waals surface area contributed by atoms with Crippen molar-refractivity contribution in [2.75, 3.05) is 18.9 Å². The van der Waals surface area contributed by atoms with Gasteiger partial charge in [-0.1, -0.05) is 6.92 Å². The second-order valence-corrected chi connectivity index (χ2v) is 6.72. The van der Waals surface area contributed by atoms with Crippen LogP contribution in [0.4, 0.5) is 0 Å². The lowest BCUT2D eigenvalue weighted by Crippen LogP contribution is -2.56. The Hall–Kier alpha value is -1.32. The van der Waals surface area contributed by atoms with E-state index in [4.69, 9.17) is 24.7 Å². The van der Waals surface area contributed by atoms with Crippen LogP contribution in [-0.4, -0.2) is 60.6 Å². The third kappa shape index (κ3) is 6.29. The van der Waals surface area contributed by atoms with E-state index in [2.05, 4.69) is 0 Å². The molecule has 0 amide bonds. The quantitative estimate of drug-likeness (QED) is 0.509. The highest BCUT2D eigenvalue weighted by molar-refractivity contribution is 7.99. The molecule has 5 atom stereocenters. The number of hydrogen-bond donors (Lipinski definition) is 1. The maximum atomic E-state index is 11.4. The molecule has 2 N–H and O–H groups in total. The van der Waals surface area contributed by atoms with Gasteiger partial charge in [0.15, 0.2) is 0 Å². The van der Waals surface area contributed by atoms with E-state index in [0.717, 1.165) is 0 Å². The van der Waals surface area contributed by atoms with Crippen molar-refractivity contribution >= 4 is 29.7 Å². The second-order valence-electron chi connectivity index (χ2n) is 5.51. The standard InChI is InChI=1S/C15H25NO7S/c1-8-13(21-10(3)18)12(7-20-9(2)17)23-15(24-6-5-16)14(8)22-11(4)19/h8,12-15H,5-7,16H2,1-4H3/t8-,12?,13+,14?,15-/m0/s1. The van der Waals surface area contributed by atoms with Crippen molar-refractivity contribution in [2.24, 2.45) is 11.7 Å². The molecule has 0 radical (unpaired) electrons. The molecular weight excluding hydrogens is 338 g/mol. The van der Waals surface area contributed by atoms with Crippen molar-refractivity contribution in [3.63, 3.8) is 0 Å². The van der Waals surface area contributed by atoms with E-state index in [0.29, 0.717) is 12.3 Å². The summed E-state index contributed by atoms with van der Waals surface area (Å²) in [5.41, 5.74) is 5.04. The third-order valence-corrected chi connectivity index (χ3v) is 4.61. The molecule has 1 rings (SSSR count). The lowest BCUT2D eigenvalue weighted by molar-refractivity contribution is -0.212. The second kappa shape index (κ2) is 9.85. The zero-order valence-electron chi connectivity index (χ0n) is 14.4. The number of carbonyl (C=O) groups excluding carboxylic acids is 3. The molecule has 24 heavy (non-hydrogen) atoms. The van der Waals surface area contributed by atoms with Gasteiger partial charge in [0.25, 0.3) is 0 Å². The third-order valence-electron chi connectivity index (χ3n) is 3.43. The Morgan fingerprint density at radius 1 is 1.04 bits per heavy atom. The summed E-state index contributed by atoms with van der Waals surface area (Å²) in [6.45, 7) is 6.07. The molecule has 1 aliphatic heterocycles. The summed E-state index contributed by atoms with van der Waals surface area (Å²) in [6, 6.07) is 0. The van der Waals surface area contributed by atoms with Crippen molar-refractivity contribution in [1.29, 1.82) is 0 Å². The van der Waals surface area contributed by atoms with Crippen LogP contribution in [0.5, 0.6) is 0 Å². The fourth-order valence-electron chi connectivity index (χ4n) is 2.48. The Labute approximate surface area is 145 Å². The maximum Gasteiger partial charge on any atom is 0.303 e. The number of carbonyl (C=O) groups is 3. The van der Waals surface area contributed by atoms with Gasteiger partial charge in [0.05, 0.1) is 0 Å². The SMILES string of the molecule is CC(=O)OCC1O[C@@H](SCCN)C(OC(C)=O)[C@@H](C)[C@H]1OC(C)=O. The number of esters is 3. The molecule has 8 nitrogen and oxygen atoms in total. The average Bonchev–Trinajstić information content (AvgIpc) is 2.48. The summed E-state index contributed by atoms with van der Waals surface area (Å²) < 4.78 is 21.6. The Morgan fingerprint density at radius 3 is 2.12 bits per heavy atom. The van der Waals surface area contributed by atoms with Crippen LogP contribution >= 0.6 is 11.8 Å². The molecule has 0 aromatic heterocycles. The highest BCUT2D eigenvalue weighted by Crippen LogP contribution is 2.35. The van der Waals surface area contributed by atoms with Gasteiger partial charge >= 0.3 is 17.9 Å². The molecule has 0 aromatic carbocycles. The summed E-state index contributed by atoms with van der Waals surface area (Å²) in [4.78, 5) is 33.9. The molecule has 0 aliphatic carbocycles. The van der Waals surface area contributed by atoms with Gasteiger partial charge in [-0.15, -0.1) is 11.8 Å². The first-order valence-electron chi connectivity index (χ1n) is 7.71. The van der Waals surface area contributed by atoms with Crippen LogP contribution in [0, 0.1) is 5.92 Å². The van der Waals surface area contributed by atoms with E-state index in [9.17, 15) is 14.4 Å². The van der Waals surface area contributed by atoms with Crippen LogP contribution < -0.4 is 5.73 Å². The average molecular weight is 363 g/mol. The lowest BCUT2D eigenvalue weighted by atomic mass is 9.91. The van der Waals surface area contributed by atoms with Crippen molar-refractivity contribution in [2.45, 2.75) is 51.4 Å². The first-order chi connectivity index (χ1) is 11.3. The van der Waals surface area contributed by atoms with E-state index in [1.54, 1.807) is 6.92 Å². The Kier molecular flexibility index (Phi) is 8.51. The fraction of sp³-hybridized carbons (Fsp3) is 0.800. The molecule has 1 aliphatic rings. The highest BCUT2D eigenvalue weighted by Gasteiger charge is 2.47. The fourth-order valence-corrected chi connectivity index (χ4v) is 3.56.